The molecule has 0 aliphatic carbocycles. The third-order valence-electron chi connectivity index (χ3n) is 2.75. The van der Waals surface area contributed by atoms with Crippen molar-refractivity contribution >= 4 is 6.29 Å². The molecular formula is C13H25N3O. The Labute approximate surface area is 105 Å². The highest BCUT2D eigenvalue weighted by Gasteiger charge is 2.02. The molecule has 0 spiro atoms. The number of rotatable bonds is 10. The smallest absolute Gasteiger partial charge is 0.137 e. The van der Waals surface area contributed by atoms with Crippen LogP contribution in [0.15, 0.2) is 24.0 Å². The van der Waals surface area contributed by atoms with Crippen molar-refractivity contribution in [3.8, 4) is 0 Å². The molecule has 0 aliphatic rings. The van der Waals surface area contributed by atoms with E-state index in [9.17, 15) is 4.79 Å². The van der Waals surface area contributed by atoms with Gasteiger partial charge < -0.3 is 20.7 Å². The van der Waals surface area contributed by atoms with Crippen molar-refractivity contribution in [3.63, 3.8) is 0 Å². The first-order chi connectivity index (χ1) is 8.17. The van der Waals surface area contributed by atoms with E-state index in [0.717, 1.165) is 37.7 Å². The van der Waals surface area contributed by atoms with Crippen LogP contribution in [-0.4, -0.2) is 33.5 Å². The summed E-state index contributed by atoms with van der Waals surface area (Å²) in [6.07, 6.45) is 6.75. The van der Waals surface area contributed by atoms with Gasteiger partial charge in [0.2, 0.25) is 0 Å². The number of carbonyl (C=O) groups is 1. The predicted octanol–water partition coefficient (Wildman–Crippen LogP) is 1.17. The minimum Gasteiger partial charge on any atom is -0.392 e. The lowest BCUT2D eigenvalue weighted by molar-refractivity contribution is -0.109. The zero-order chi connectivity index (χ0) is 13.1. The summed E-state index contributed by atoms with van der Waals surface area (Å²) < 4.78 is 0. The summed E-state index contributed by atoms with van der Waals surface area (Å²) >= 11 is 0. The fraction of sp³-hybridized carbons (Fsp3) is 0.615. The van der Waals surface area contributed by atoms with Gasteiger partial charge >= 0.3 is 0 Å². The molecule has 0 aromatic heterocycles. The van der Waals surface area contributed by atoms with Gasteiger partial charge in [0.15, 0.2) is 0 Å². The highest BCUT2D eigenvalue weighted by Crippen LogP contribution is 2.08. The summed E-state index contributed by atoms with van der Waals surface area (Å²) in [5.74, 6) is 0. The molecule has 0 heterocycles. The van der Waals surface area contributed by atoms with Crippen LogP contribution in [-0.2, 0) is 4.79 Å². The first-order valence-corrected chi connectivity index (χ1v) is 6.02. The average molecular weight is 239 g/mol. The number of carbonyl (C=O) groups excluding carboxylic acids is 1. The average Bonchev–Trinajstić information content (AvgIpc) is 2.37. The number of aldehydes is 1. The second-order valence-corrected chi connectivity index (χ2v) is 3.95. The Kier molecular flexibility index (Phi) is 9.15. The summed E-state index contributed by atoms with van der Waals surface area (Å²) in [7, 11) is 5.59. The summed E-state index contributed by atoms with van der Waals surface area (Å²) in [6.45, 7) is 3.89. The molecule has 0 aromatic rings. The molecule has 0 amide bonds. The van der Waals surface area contributed by atoms with Crippen molar-refractivity contribution in [2.75, 3.05) is 21.1 Å². The first kappa shape index (κ1) is 15.7. The lowest BCUT2D eigenvalue weighted by Crippen LogP contribution is -2.26. The summed E-state index contributed by atoms with van der Waals surface area (Å²) in [5, 5.41) is 9.15. The Balaban J connectivity index is 4.00. The Morgan fingerprint density at radius 3 is 2.41 bits per heavy atom. The van der Waals surface area contributed by atoms with E-state index in [1.54, 1.807) is 7.05 Å². The van der Waals surface area contributed by atoms with Crippen LogP contribution in [0.25, 0.3) is 0 Å². The third-order valence-corrected chi connectivity index (χ3v) is 2.75. The van der Waals surface area contributed by atoms with E-state index in [4.69, 9.17) is 0 Å². The molecule has 4 nitrogen and oxygen atoms in total. The van der Waals surface area contributed by atoms with Crippen molar-refractivity contribution < 1.29 is 4.79 Å². The van der Waals surface area contributed by atoms with Crippen molar-refractivity contribution in [2.24, 2.45) is 0 Å². The summed E-state index contributed by atoms with van der Waals surface area (Å²) in [5.41, 5.74) is 2.23. The van der Waals surface area contributed by atoms with Crippen LogP contribution in [0.3, 0.4) is 0 Å². The largest absolute Gasteiger partial charge is 0.392 e. The van der Waals surface area contributed by atoms with Crippen LogP contribution in [0.1, 0.15) is 25.7 Å². The summed E-state index contributed by atoms with van der Waals surface area (Å²) in [4.78, 5) is 10.6. The normalized spacial score (nSPS) is 13.0. The molecule has 0 fully saturated rings. The highest BCUT2D eigenvalue weighted by atomic mass is 16.1. The number of hydrogen-bond acceptors (Lipinski definition) is 4. The zero-order valence-corrected chi connectivity index (χ0v) is 11.2. The van der Waals surface area contributed by atoms with E-state index in [1.807, 2.05) is 14.1 Å². The van der Waals surface area contributed by atoms with Gasteiger partial charge in [-0.2, -0.15) is 0 Å². The zero-order valence-electron chi connectivity index (χ0n) is 11.2. The van der Waals surface area contributed by atoms with Crippen molar-refractivity contribution in [1.82, 2.24) is 16.0 Å². The van der Waals surface area contributed by atoms with Gasteiger partial charge in [-0.3, -0.25) is 0 Å². The maximum Gasteiger partial charge on any atom is 0.137 e. The molecule has 0 bridgehead atoms. The topological polar surface area (TPSA) is 53.2 Å². The van der Waals surface area contributed by atoms with Gasteiger partial charge in [0, 0.05) is 25.5 Å². The quantitative estimate of drug-likeness (QED) is 0.501. The van der Waals surface area contributed by atoms with Crippen LogP contribution < -0.4 is 16.0 Å². The number of hydrogen-bond donors (Lipinski definition) is 3. The Hall–Kier alpha value is -1.29. The van der Waals surface area contributed by atoms with Gasteiger partial charge in [0.05, 0.1) is 6.04 Å². The molecule has 1 atom stereocenters. The lowest BCUT2D eigenvalue weighted by Gasteiger charge is -2.10. The molecule has 1 unspecified atom stereocenters. The predicted molar refractivity (Wildman–Crippen MR) is 72.7 cm³/mol. The molecule has 17 heavy (non-hydrogen) atoms. The highest BCUT2D eigenvalue weighted by molar-refractivity contribution is 5.57. The van der Waals surface area contributed by atoms with Crippen LogP contribution >= 0.6 is 0 Å². The summed E-state index contributed by atoms with van der Waals surface area (Å²) in [6, 6.07) is -0.0920. The van der Waals surface area contributed by atoms with Gasteiger partial charge in [-0.25, -0.2) is 0 Å². The van der Waals surface area contributed by atoms with Crippen LogP contribution in [0, 0.1) is 0 Å². The number of likely N-dealkylation sites (N-methyl/N-ethyl adjacent to an activating group) is 1. The maximum atomic E-state index is 10.6. The van der Waals surface area contributed by atoms with E-state index in [2.05, 4.69) is 28.6 Å². The monoisotopic (exact) mass is 239 g/mol. The van der Waals surface area contributed by atoms with Gasteiger partial charge in [-0.1, -0.05) is 12.7 Å². The maximum absolute atomic E-state index is 10.6. The minimum absolute atomic E-state index is 0.0920. The van der Waals surface area contributed by atoms with Crippen LogP contribution in [0.2, 0.25) is 0 Å². The second-order valence-electron chi connectivity index (χ2n) is 3.95. The molecule has 0 aromatic carbocycles. The third kappa shape index (κ3) is 7.58. The second kappa shape index (κ2) is 9.90. The van der Waals surface area contributed by atoms with E-state index in [-0.39, 0.29) is 6.04 Å². The first-order valence-electron chi connectivity index (χ1n) is 6.02. The van der Waals surface area contributed by atoms with E-state index in [1.165, 1.54) is 5.70 Å². The SMILES string of the molecule is C=C(CCCC(=CCC(C=O)NC)NC)NC. The Morgan fingerprint density at radius 2 is 1.94 bits per heavy atom. The lowest BCUT2D eigenvalue weighted by atomic mass is 10.1. The van der Waals surface area contributed by atoms with Crippen LogP contribution in [0.5, 0.6) is 0 Å². The van der Waals surface area contributed by atoms with E-state index in [0.29, 0.717) is 0 Å². The van der Waals surface area contributed by atoms with Gasteiger partial charge in [-0.15, -0.1) is 0 Å². The fourth-order valence-electron chi connectivity index (χ4n) is 1.46. The minimum atomic E-state index is -0.0920. The Bertz CT molecular complexity index is 261. The standard InChI is InChI=1S/C13H25N3O/c1-11(14-2)6-5-7-12(15-3)8-9-13(10-17)16-4/h8,10,13-16H,1,5-7,9H2,2-4H3. The molecule has 3 N–H and O–H groups in total. The molecule has 0 saturated carbocycles. The van der Waals surface area contributed by atoms with Crippen molar-refractivity contribution in [1.29, 1.82) is 0 Å². The molecule has 0 radical (unpaired) electrons. The van der Waals surface area contributed by atoms with E-state index < -0.39 is 0 Å². The number of nitrogens with one attached hydrogen (secondary N) is 3. The molecule has 4 heteroatoms. The number of allylic oxidation sites excluding steroid dienone is 2. The molecule has 0 saturated heterocycles. The van der Waals surface area contributed by atoms with Gasteiger partial charge in [0.1, 0.15) is 6.29 Å². The molecular weight excluding hydrogens is 214 g/mol. The molecule has 98 valence electrons. The fourth-order valence-corrected chi connectivity index (χ4v) is 1.46. The van der Waals surface area contributed by atoms with Crippen molar-refractivity contribution in [3.05, 3.63) is 24.0 Å². The molecule has 0 aliphatic heterocycles. The van der Waals surface area contributed by atoms with Gasteiger partial charge in [-0.05, 0) is 32.7 Å². The molecule has 0 rings (SSSR count). The van der Waals surface area contributed by atoms with Crippen LogP contribution in [0.4, 0.5) is 0 Å². The van der Waals surface area contributed by atoms with Crippen molar-refractivity contribution in [2.45, 2.75) is 31.7 Å². The van der Waals surface area contributed by atoms with E-state index >= 15 is 0 Å². The Morgan fingerprint density at radius 1 is 1.24 bits per heavy atom. The van der Waals surface area contributed by atoms with Gasteiger partial charge in [0.25, 0.3) is 0 Å².